The molecule has 1 aliphatic rings. The van der Waals surface area contributed by atoms with E-state index in [9.17, 15) is 9.90 Å². The summed E-state index contributed by atoms with van der Waals surface area (Å²) in [5.74, 6) is 0.0544. The van der Waals surface area contributed by atoms with Crippen LogP contribution in [0.1, 0.15) is 32.3 Å². The predicted molar refractivity (Wildman–Crippen MR) is 75.6 cm³/mol. The number of hydrogen-bond donors (Lipinski definition) is 3. The van der Waals surface area contributed by atoms with E-state index in [1.165, 1.54) is 0 Å². The Kier molecular flexibility index (Phi) is 3.54. The molecule has 0 spiro atoms. The molecule has 0 radical (unpaired) electrons. The molecule has 0 atom stereocenters. The average molecular weight is 262 g/mol. The lowest BCUT2D eigenvalue weighted by Gasteiger charge is -2.24. The summed E-state index contributed by atoms with van der Waals surface area (Å²) in [7, 11) is 0. The van der Waals surface area contributed by atoms with Crippen LogP contribution in [0.2, 0.25) is 0 Å². The van der Waals surface area contributed by atoms with Crippen molar-refractivity contribution in [1.82, 2.24) is 5.32 Å². The highest BCUT2D eigenvalue weighted by atomic mass is 16.3. The Morgan fingerprint density at radius 1 is 1.37 bits per heavy atom. The fourth-order valence-electron chi connectivity index (χ4n) is 2.12. The molecule has 1 aromatic rings. The summed E-state index contributed by atoms with van der Waals surface area (Å²) in [6, 6.07) is 7.53. The third kappa shape index (κ3) is 2.89. The van der Waals surface area contributed by atoms with Crippen molar-refractivity contribution in [3.05, 3.63) is 29.8 Å². The molecule has 1 saturated carbocycles. The van der Waals surface area contributed by atoms with Crippen LogP contribution in [0.4, 0.5) is 5.69 Å². The van der Waals surface area contributed by atoms with E-state index in [4.69, 9.17) is 5.73 Å². The second-order valence-corrected chi connectivity index (χ2v) is 6.21. The molecule has 4 heteroatoms. The topological polar surface area (TPSA) is 75.3 Å². The predicted octanol–water partition coefficient (Wildman–Crippen LogP) is 1.44. The number of benzene rings is 1. The van der Waals surface area contributed by atoms with Crippen LogP contribution in [0, 0.1) is 5.41 Å². The number of rotatable bonds is 5. The zero-order valence-corrected chi connectivity index (χ0v) is 11.6. The van der Waals surface area contributed by atoms with Gasteiger partial charge >= 0.3 is 0 Å². The van der Waals surface area contributed by atoms with Gasteiger partial charge in [-0.05, 0) is 30.5 Å². The van der Waals surface area contributed by atoms with Crippen LogP contribution in [-0.2, 0) is 10.2 Å². The number of nitrogens with one attached hydrogen (secondary N) is 1. The number of aliphatic hydroxyl groups is 1. The minimum atomic E-state index is -0.376. The molecule has 0 bridgehead atoms. The summed E-state index contributed by atoms with van der Waals surface area (Å²) in [5, 5.41) is 12.2. The monoisotopic (exact) mass is 262 g/mol. The van der Waals surface area contributed by atoms with Crippen LogP contribution in [0.3, 0.4) is 0 Å². The number of nitrogen functional groups attached to an aromatic ring is 1. The van der Waals surface area contributed by atoms with Gasteiger partial charge in [-0.15, -0.1) is 0 Å². The van der Waals surface area contributed by atoms with Crippen LogP contribution in [0.15, 0.2) is 24.3 Å². The van der Waals surface area contributed by atoms with E-state index in [0.717, 1.165) is 18.4 Å². The van der Waals surface area contributed by atoms with Gasteiger partial charge in [0.25, 0.3) is 0 Å². The lowest BCUT2D eigenvalue weighted by Crippen LogP contribution is -2.41. The zero-order valence-electron chi connectivity index (χ0n) is 11.6. The number of anilines is 1. The molecule has 1 aromatic carbocycles. The summed E-state index contributed by atoms with van der Waals surface area (Å²) in [4.78, 5) is 12.4. The smallest absolute Gasteiger partial charge is 0.230 e. The lowest BCUT2D eigenvalue weighted by molar-refractivity contribution is -0.124. The minimum absolute atomic E-state index is 0.0544. The van der Waals surface area contributed by atoms with Crippen molar-refractivity contribution in [2.45, 2.75) is 32.1 Å². The van der Waals surface area contributed by atoms with Crippen molar-refractivity contribution in [3.63, 3.8) is 0 Å². The number of carbonyl (C=O) groups excluding carboxylic acids is 1. The van der Waals surface area contributed by atoms with Crippen LogP contribution >= 0.6 is 0 Å². The molecular weight excluding hydrogens is 240 g/mol. The van der Waals surface area contributed by atoms with Gasteiger partial charge in [0, 0.05) is 24.3 Å². The van der Waals surface area contributed by atoms with Crippen molar-refractivity contribution in [3.8, 4) is 0 Å². The first-order chi connectivity index (χ1) is 8.89. The molecular formula is C15H22N2O2. The quantitative estimate of drug-likeness (QED) is 0.703. The Morgan fingerprint density at radius 3 is 2.42 bits per heavy atom. The molecule has 0 saturated heterocycles. The van der Waals surface area contributed by atoms with Gasteiger partial charge in [0.05, 0.1) is 5.41 Å². The maximum Gasteiger partial charge on any atom is 0.230 e. The van der Waals surface area contributed by atoms with Gasteiger partial charge in [-0.25, -0.2) is 0 Å². The second kappa shape index (κ2) is 4.85. The largest absolute Gasteiger partial charge is 0.399 e. The van der Waals surface area contributed by atoms with Crippen LogP contribution in [0.25, 0.3) is 0 Å². The van der Waals surface area contributed by atoms with Crippen molar-refractivity contribution < 1.29 is 9.90 Å². The highest BCUT2D eigenvalue weighted by Gasteiger charge is 2.51. The van der Waals surface area contributed by atoms with Gasteiger partial charge in [-0.3, -0.25) is 4.79 Å². The number of carbonyl (C=O) groups is 1. The van der Waals surface area contributed by atoms with Crippen molar-refractivity contribution in [2.75, 3.05) is 18.9 Å². The second-order valence-electron chi connectivity index (χ2n) is 6.21. The fraction of sp³-hybridized carbons (Fsp3) is 0.533. The molecule has 19 heavy (non-hydrogen) atoms. The summed E-state index contributed by atoms with van der Waals surface area (Å²) in [5.41, 5.74) is 6.75. The van der Waals surface area contributed by atoms with Crippen molar-refractivity contribution in [2.24, 2.45) is 5.41 Å². The van der Waals surface area contributed by atoms with Crippen LogP contribution in [0.5, 0.6) is 0 Å². The van der Waals surface area contributed by atoms with Crippen LogP contribution in [-0.4, -0.2) is 24.2 Å². The Hall–Kier alpha value is -1.55. The lowest BCUT2D eigenvalue weighted by atomic mass is 9.92. The fourth-order valence-corrected chi connectivity index (χ4v) is 2.12. The summed E-state index contributed by atoms with van der Waals surface area (Å²) >= 11 is 0. The first kappa shape index (κ1) is 13.9. The Morgan fingerprint density at radius 2 is 1.95 bits per heavy atom. The molecule has 1 amide bonds. The van der Waals surface area contributed by atoms with E-state index in [1.54, 1.807) is 0 Å². The highest BCUT2D eigenvalue weighted by molar-refractivity contribution is 5.91. The van der Waals surface area contributed by atoms with Gasteiger partial charge in [0.2, 0.25) is 5.91 Å². The molecule has 4 nitrogen and oxygen atoms in total. The zero-order chi connectivity index (χ0) is 14.1. The maximum absolute atomic E-state index is 12.4. The molecule has 0 aliphatic heterocycles. The maximum atomic E-state index is 12.4. The number of hydrogen-bond acceptors (Lipinski definition) is 3. The Labute approximate surface area is 114 Å². The molecule has 2 rings (SSSR count). The molecule has 0 aromatic heterocycles. The van der Waals surface area contributed by atoms with E-state index >= 15 is 0 Å². The van der Waals surface area contributed by atoms with E-state index in [0.29, 0.717) is 12.2 Å². The standard InChI is InChI=1S/C15H22N2O2/c1-14(2,10-18)9-17-13(19)15(7-8-15)11-3-5-12(16)6-4-11/h3-6,18H,7-10,16H2,1-2H3,(H,17,19). The molecule has 0 heterocycles. The van der Waals surface area contributed by atoms with E-state index < -0.39 is 0 Å². The SMILES string of the molecule is CC(C)(CO)CNC(=O)C1(c2ccc(N)cc2)CC1. The number of aliphatic hydroxyl groups excluding tert-OH is 1. The molecule has 1 fully saturated rings. The van der Waals surface area contributed by atoms with Gasteiger partial charge in [0.15, 0.2) is 0 Å². The average Bonchev–Trinajstić information content (AvgIpc) is 3.18. The normalized spacial score (nSPS) is 17.0. The van der Waals surface area contributed by atoms with Crippen molar-refractivity contribution >= 4 is 11.6 Å². The molecule has 0 unspecified atom stereocenters. The molecule has 4 N–H and O–H groups in total. The van der Waals surface area contributed by atoms with Crippen LogP contribution < -0.4 is 11.1 Å². The first-order valence-electron chi connectivity index (χ1n) is 6.65. The van der Waals surface area contributed by atoms with E-state index in [2.05, 4.69) is 5.32 Å². The third-order valence-electron chi connectivity index (χ3n) is 3.80. The minimum Gasteiger partial charge on any atom is -0.399 e. The Bertz CT molecular complexity index is 462. The highest BCUT2D eigenvalue weighted by Crippen LogP contribution is 2.48. The van der Waals surface area contributed by atoms with Crippen molar-refractivity contribution in [1.29, 1.82) is 0 Å². The molecule has 104 valence electrons. The number of nitrogens with two attached hydrogens (primary N) is 1. The van der Waals surface area contributed by atoms with Gasteiger partial charge in [-0.2, -0.15) is 0 Å². The number of amides is 1. The summed E-state index contributed by atoms with van der Waals surface area (Å²) in [6.07, 6.45) is 1.75. The summed E-state index contributed by atoms with van der Waals surface area (Å²) < 4.78 is 0. The Balaban J connectivity index is 2.04. The first-order valence-corrected chi connectivity index (χ1v) is 6.65. The van der Waals surface area contributed by atoms with Gasteiger partial charge in [0.1, 0.15) is 0 Å². The van der Waals surface area contributed by atoms with E-state index in [-0.39, 0.29) is 23.3 Å². The summed E-state index contributed by atoms with van der Waals surface area (Å²) in [6.45, 7) is 4.40. The molecule has 1 aliphatic carbocycles. The third-order valence-corrected chi connectivity index (χ3v) is 3.80. The van der Waals surface area contributed by atoms with Gasteiger partial charge in [-0.1, -0.05) is 26.0 Å². The van der Waals surface area contributed by atoms with Gasteiger partial charge < -0.3 is 16.2 Å². The van der Waals surface area contributed by atoms with E-state index in [1.807, 2.05) is 38.1 Å².